The number of amides is 7. The summed E-state index contributed by atoms with van der Waals surface area (Å²) >= 11 is 2.35. The Balaban J connectivity index is 0.00000406. The third-order valence-corrected chi connectivity index (χ3v) is 10.6. The van der Waals surface area contributed by atoms with Crippen molar-refractivity contribution in [3.63, 3.8) is 0 Å². The summed E-state index contributed by atoms with van der Waals surface area (Å²) in [6.45, 7) is 1.13. The summed E-state index contributed by atoms with van der Waals surface area (Å²) in [6, 6.07) is -0.149. The summed E-state index contributed by atoms with van der Waals surface area (Å²) in [6.07, 6.45) is -1.05. The van der Waals surface area contributed by atoms with Gasteiger partial charge in [0.1, 0.15) is 24.1 Å². The van der Waals surface area contributed by atoms with E-state index in [4.69, 9.17) is 10.5 Å². The maximum Gasteiger partial charge on any atom is 1.00 e. The number of likely N-dealkylation sites (N-methyl/N-ethyl adjacent to an activating group) is 1. The van der Waals surface area contributed by atoms with Crippen molar-refractivity contribution in [3.05, 3.63) is 41.1 Å². The number of carboxylic acids is 2. The number of carbonyl (C=O) groups excluding carboxylic acids is 8. The van der Waals surface area contributed by atoms with Crippen LogP contribution in [0.15, 0.2) is 40.7 Å². The minimum atomic E-state index is -1.63. The smallest absolute Gasteiger partial charge is 0.548 e. The van der Waals surface area contributed by atoms with E-state index in [1.54, 1.807) is 14.0 Å². The van der Waals surface area contributed by atoms with Crippen molar-refractivity contribution in [2.75, 3.05) is 43.1 Å². The summed E-state index contributed by atoms with van der Waals surface area (Å²) in [5.41, 5.74) is 5.53. The molecule has 0 saturated carbocycles. The Morgan fingerprint density at radius 3 is 2.36 bits per heavy atom. The Morgan fingerprint density at radius 1 is 1.07 bits per heavy atom. The number of benzene rings is 1. The molecule has 1 aromatic carbocycles. The van der Waals surface area contributed by atoms with Crippen LogP contribution >= 0.6 is 23.5 Å². The Kier molecular flexibility index (Phi) is 16.5. The standard InChI is InChI=1S/C29H33N11O11S2.2Na/c1-3-38-8-9-39(23(44)22(38)43)27(49)33-17(13-4-6-15(7-5-13)31-29(50)51-10-16(30)25(45)46)20(41)32-18-21(42)40-19(26(47)48)14(11-52-24(18)40)12-53-28-34-35-36-37(28)2;;/h4-7,16-18,24H,3,8-12,30H2,1-2H3,(H,31,50)(H,32,41)(H,33,49)(H,45,46)(H,47,48);;/q;2*+1/p-2/t16-,17+,18-,24+;;/m1../s1. The molecule has 2 saturated heterocycles. The number of aliphatic carboxylic acids is 2. The summed E-state index contributed by atoms with van der Waals surface area (Å²) in [5.74, 6) is -6.61. The zero-order valence-corrected chi connectivity index (χ0v) is 35.5. The van der Waals surface area contributed by atoms with E-state index < -0.39 is 77.8 Å². The number of nitrogens with zero attached hydrogens (tertiary/aromatic N) is 7. The molecule has 5 rings (SSSR count). The number of nitrogens with one attached hydrogen (secondary N) is 3. The molecule has 3 aliphatic heterocycles. The molecule has 22 nitrogen and oxygen atoms in total. The van der Waals surface area contributed by atoms with Crippen LogP contribution in [-0.2, 0) is 40.6 Å². The van der Waals surface area contributed by atoms with E-state index in [0.717, 1.165) is 16.7 Å². The Bertz CT molecular complexity index is 1880. The molecule has 2 fully saturated rings. The molecule has 1 aromatic heterocycles. The first-order valence-corrected chi connectivity index (χ1v) is 17.7. The number of thioether (sulfide) groups is 2. The van der Waals surface area contributed by atoms with Crippen molar-refractivity contribution in [2.45, 2.75) is 35.6 Å². The normalized spacial score (nSPS) is 18.8. The second-order valence-electron chi connectivity index (χ2n) is 11.5. The number of piperazine rings is 1. The van der Waals surface area contributed by atoms with Crippen LogP contribution in [0.4, 0.5) is 15.3 Å². The first-order valence-electron chi connectivity index (χ1n) is 15.7. The number of imide groups is 1. The van der Waals surface area contributed by atoms with Crippen LogP contribution in [0.3, 0.4) is 0 Å². The number of anilines is 1. The fourth-order valence-corrected chi connectivity index (χ4v) is 7.67. The van der Waals surface area contributed by atoms with Gasteiger partial charge in [0, 0.05) is 43.9 Å². The van der Waals surface area contributed by atoms with E-state index in [9.17, 15) is 48.6 Å². The molecule has 0 aliphatic carbocycles. The van der Waals surface area contributed by atoms with Gasteiger partial charge in [0.15, 0.2) is 0 Å². The Labute approximate surface area is 364 Å². The van der Waals surface area contributed by atoms with E-state index in [1.807, 2.05) is 0 Å². The van der Waals surface area contributed by atoms with Crippen molar-refractivity contribution in [3.8, 4) is 0 Å². The number of carboxylic acid groups (broad SMARTS) is 2. The van der Waals surface area contributed by atoms with Gasteiger partial charge in [0.2, 0.25) is 11.1 Å². The minimum Gasteiger partial charge on any atom is -0.548 e. The van der Waals surface area contributed by atoms with Gasteiger partial charge in [-0.15, -0.1) is 16.9 Å². The minimum absolute atomic E-state index is 0. The van der Waals surface area contributed by atoms with Gasteiger partial charge in [0.05, 0.1) is 23.7 Å². The second kappa shape index (κ2) is 19.9. The van der Waals surface area contributed by atoms with Gasteiger partial charge < -0.3 is 45.8 Å². The molecule has 0 spiro atoms. The molecule has 55 heavy (non-hydrogen) atoms. The molecular weight excluding hydrogens is 788 g/mol. The van der Waals surface area contributed by atoms with Crippen LogP contribution in [-0.4, -0.2) is 138 Å². The number of aryl methyl sites for hydroxylation is 1. The molecule has 7 amide bonds. The maximum absolute atomic E-state index is 13.8. The average molecular weight is 820 g/mol. The van der Waals surface area contributed by atoms with Crippen LogP contribution in [0.25, 0.3) is 0 Å². The largest absolute Gasteiger partial charge is 1.00 e. The summed E-state index contributed by atoms with van der Waals surface area (Å²) in [5, 5.41) is 41.0. The van der Waals surface area contributed by atoms with Crippen LogP contribution < -0.4 is 91.0 Å². The van der Waals surface area contributed by atoms with Crippen molar-refractivity contribution in [2.24, 2.45) is 12.8 Å². The van der Waals surface area contributed by atoms with Crippen LogP contribution in [0.5, 0.6) is 0 Å². The zero-order valence-electron chi connectivity index (χ0n) is 29.9. The van der Waals surface area contributed by atoms with Crippen molar-refractivity contribution < 1.29 is 112 Å². The molecule has 2 aromatic rings. The molecular formula is C29H31N11Na2O11S2. The number of carbonyl (C=O) groups is 8. The topological polar surface area (TPSA) is 307 Å². The van der Waals surface area contributed by atoms with Crippen molar-refractivity contribution in [1.29, 1.82) is 0 Å². The van der Waals surface area contributed by atoms with Gasteiger partial charge in [-0.2, -0.15) is 0 Å². The van der Waals surface area contributed by atoms with E-state index in [-0.39, 0.29) is 107 Å². The molecule has 5 N–H and O–H groups in total. The average Bonchev–Trinajstić information content (AvgIpc) is 3.55. The van der Waals surface area contributed by atoms with E-state index in [0.29, 0.717) is 15.6 Å². The Morgan fingerprint density at radius 2 is 1.76 bits per heavy atom. The number of tetrazole rings is 1. The second-order valence-corrected chi connectivity index (χ2v) is 13.6. The zero-order chi connectivity index (χ0) is 38.6. The van der Waals surface area contributed by atoms with E-state index >= 15 is 0 Å². The maximum atomic E-state index is 13.8. The van der Waals surface area contributed by atoms with Crippen LogP contribution in [0, 0.1) is 0 Å². The molecule has 0 radical (unpaired) electrons. The van der Waals surface area contributed by atoms with Gasteiger partial charge in [-0.1, -0.05) is 23.9 Å². The number of β-lactam (4-membered cyclic amide) rings is 1. The number of hydrogen-bond acceptors (Lipinski definition) is 17. The molecule has 4 atom stereocenters. The number of hydrogen-bond donors (Lipinski definition) is 4. The molecule has 0 bridgehead atoms. The van der Waals surface area contributed by atoms with Crippen molar-refractivity contribution in [1.82, 2.24) is 45.5 Å². The van der Waals surface area contributed by atoms with Crippen molar-refractivity contribution >= 4 is 76.9 Å². The van der Waals surface area contributed by atoms with Crippen LogP contribution in [0.2, 0.25) is 0 Å². The van der Waals surface area contributed by atoms with Gasteiger partial charge in [-0.25, -0.2) is 14.3 Å². The molecule has 4 heterocycles. The monoisotopic (exact) mass is 819 g/mol. The third kappa shape index (κ3) is 10.4. The number of nitrogens with two attached hydrogens (primary N) is 1. The number of fused-ring (bicyclic) bond motifs is 1. The number of ether oxygens (including phenoxy) is 1. The van der Waals surface area contributed by atoms with Crippen LogP contribution in [0.1, 0.15) is 18.5 Å². The van der Waals surface area contributed by atoms with Gasteiger partial charge in [0.25, 0.3) is 5.91 Å². The Hall–Kier alpha value is -3.75. The summed E-state index contributed by atoms with van der Waals surface area (Å²) < 4.78 is 6.14. The van der Waals surface area contributed by atoms with E-state index in [2.05, 4.69) is 31.5 Å². The summed E-state index contributed by atoms with van der Waals surface area (Å²) in [4.78, 5) is 104. The first kappa shape index (κ1) is 45.6. The predicted molar refractivity (Wildman–Crippen MR) is 176 cm³/mol. The summed E-state index contributed by atoms with van der Waals surface area (Å²) in [7, 11) is 1.61. The molecule has 3 aliphatic rings. The molecule has 0 unspecified atom stereocenters. The van der Waals surface area contributed by atoms with E-state index in [1.165, 1.54) is 45.6 Å². The molecule has 26 heteroatoms. The third-order valence-electron chi connectivity index (χ3n) is 8.15. The predicted octanol–water partition coefficient (Wildman–Crippen LogP) is -10.5. The van der Waals surface area contributed by atoms with Gasteiger partial charge in [-0.3, -0.25) is 34.3 Å². The fraction of sp³-hybridized carbons (Fsp3) is 0.414. The number of urea groups is 1. The van der Waals surface area contributed by atoms with Gasteiger partial charge in [-0.05, 0) is 40.6 Å². The fourth-order valence-electron chi connectivity index (χ4n) is 5.33. The quantitative estimate of drug-likeness (QED) is 0.0631. The molecule has 282 valence electrons. The number of rotatable bonds is 13. The first-order chi connectivity index (χ1) is 25.2. The number of aromatic nitrogens is 4. The van der Waals surface area contributed by atoms with Gasteiger partial charge >= 0.3 is 83.1 Å². The SMILES string of the molecule is CCN1CCN(C(=O)N[C@H](C(=O)N[C@@H]2C(=O)N3C(C(=O)[O-])=C(CSc4nnnn4C)CS[C@@H]23)c2ccc(NC(=O)OC[C@@H](N)C(=O)[O-])cc2)C(=O)C1=O.[Na+].[Na+].